The maximum absolute atomic E-state index is 13.1. The Bertz CT molecular complexity index is 1720. The Hall–Kier alpha value is -5.00. The van der Waals surface area contributed by atoms with Gasteiger partial charge in [0.1, 0.15) is 17.1 Å². The SMILES string of the molecule is CC(F)Oc1cccc(CNC(=O)c2cc(C(=O)NCc3ccc4oc(=O)n(C)c4c3)nc3ccnn23)c1. The number of carbonyl (C=O) groups is 2. The number of nitrogens with zero attached hydrogens (tertiary/aromatic N) is 4. The lowest BCUT2D eigenvalue weighted by Gasteiger charge is -2.11. The molecule has 3 aromatic heterocycles. The van der Waals surface area contributed by atoms with Gasteiger partial charge in [-0.2, -0.15) is 5.10 Å². The molecule has 2 aromatic carbocycles. The molecule has 2 N–H and O–H groups in total. The first kappa shape index (κ1) is 24.7. The minimum atomic E-state index is -1.46. The van der Waals surface area contributed by atoms with Crippen LogP contribution >= 0.6 is 0 Å². The topological polar surface area (TPSA) is 133 Å². The third-order valence-electron chi connectivity index (χ3n) is 5.78. The molecule has 11 nitrogen and oxygen atoms in total. The van der Waals surface area contributed by atoms with Gasteiger partial charge in [0.05, 0.1) is 11.7 Å². The fourth-order valence-corrected chi connectivity index (χ4v) is 3.94. The van der Waals surface area contributed by atoms with Crippen LogP contribution in [0.4, 0.5) is 4.39 Å². The third kappa shape index (κ3) is 5.09. The van der Waals surface area contributed by atoms with E-state index in [4.69, 9.17) is 9.15 Å². The number of aromatic nitrogens is 4. The molecule has 38 heavy (non-hydrogen) atoms. The molecule has 0 fully saturated rings. The first-order chi connectivity index (χ1) is 18.3. The van der Waals surface area contributed by atoms with Gasteiger partial charge in [0.2, 0.25) is 6.36 Å². The van der Waals surface area contributed by atoms with Gasteiger partial charge in [0.25, 0.3) is 11.8 Å². The van der Waals surface area contributed by atoms with Crippen molar-refractivity contribution in [2.75, 3.05) is 0 Å². The van der Waals surface area contributed by atoms with Gasteiger partial charge in [-0.25, -0.2) is 18.7 Å². The molecule has 5 rings (SSSR count). The molecule has 0 aliphatic heterocycles. The van der Waals surface area contributed by atoms with Crippen LogP contribution in [-0.4, -0.2) is 37.3 Å². The molecular formula is C26H23FN6O5. The van der Waals surface area contributed by atoms with Crippen LogP contribution in [-0.2, 0) is 20.1 Å². The van der Waals surface area contributed by atoms with Crippen molar-refractivity contribution in [2.24, 2.45) is 7.05 Å². The Morgan fingerprint density at radius 1 is 1.05 bits per heavy atom. The molecule has 1 unspecified atom stereocenters. The highest BCUT2D eigenvalue weighted by molar-refractivity contribution is 5.98. The van der Waals surface area contributed by atoms with Crippen molar-refractivity contribution in [3.8, 4) is 5.75 Å². The van der Waals surface area contributed by atoms with Crippen molar-refractivity contribution >= 4 is 28.6 Å². The highest BCUT2D eigenvalue weighted by Crippen LogP contribution is 2.16. The molecule has 5 aromatic rings. The van der Waals surface area contributed by atoms with E-state index in [2.05, 4.69) is 20.7 Å². The average molecular weight is 519 g/mol. The van der Waals surface area contributed by atoms with Crippen LogP contribution in [0.2, 0.25) is 0 Å². The summed E-state index contributed by atoms with van der Waals surface area (Å²) in [6, 6.07) is 14.8. The third-order valence-corrected chi connectivity index (χ3v) is 5.78. The van der Waals surface area contributed by atoms with Crippen LogP contribution in [0.15, 0.2) is 70.0 Å². The number of nitrogens with one attached hydrogen (secondary N) is 2. The van der Waals surface area contributed by atoms with E-state index in [0.717, 1.165) is 5.56 Å². The summed E-state index contributed by atoms with van der Waals surface area (Å²) in [6.45, 7) is 1.59. The molecule has 12 heteroatoms. The standard InChI is InChI=1S/C26H23FN6O5/c1-15(27)37-18-5-3-4-16(10-18)13-29-25(35)21-12-19(31-23-8-9-30-33(21)23)24(34)28-14-17-6-7-22-20(11-17)32(2)26(36)38-22/h3-12,15H,13-14H2,1-2H3,(H,28,34)(H,29,35). The van der Waals surface area contributed by atoms with E-state index in [9.17, 15) is 18.8 Å². The van der Waals surface area contributed by atoms with E-state index < -0.39 is 23.9 Å². The van der Waals surface area contributed by atoms with Gasteiger partial charge in [-0.1, -0.05) is 18.2 Å². The minimum Gasteiger partial charge on any atom is -0.461 e. The summed E-state index contributed by atoms with van der Waals surface area (Å²) in [7, 11) is 1.60. The number of benzene rings is 2. The molecule has 0 radical (unpaired) electrons. The summed E-state index contributed by atoms with van der Waals surface area (Å²) in [5.74, 6) is -1.10. The van der Waals surface area contributed by atoms with Crippen molar-refractivity contribution in [3.05, 3.63) is 93.9 Å². The predicted molar refractivity (Wildman–Crippen MR) is 134 cm³/mol. The Morgan fingerprint density at radius 3 is 2.61 bits per heavy atom. The fraction of sp³-hybridized carbons (Fsp3) is 0.192. The smallest absolute Gasteiger partial charge is 0.419 e. The number of fused-ring (bicyclic) bond motifs is 2. The normalized spacial score (nSPS) is 12.0. The Balaban J connectivity index is 1.31. The quantitative estimate of drug-likeness (QED) is 0.323. The highest BCUT2D eigenvalue weighted by Gasteiger charge is 2.18. The van der Waals surface area contributed by atoms with Gasteiger partial charge >= 0.3 is 5.76 Å². The van der Waals surface area contributed by atoms with Crippen molar-refractivity contribution in [3.63, 3.8) is 0 Å². The number of halogens is 1. The lowest BCUT2D eigenvalue weighted by atomic mass is 10.2. The second kappa shape index (κ2) is 10.2. The van der Waals surface area contributed by atoms with Gasteiger partial charge < -0.3 is 19.8 Å². The first-order valence-corrected chi connectivity index (χ1v) is 11.7. The van der Waals surface area contributed by atoms with Crippen molar-refractivity contribution in [2.45, 2.75) is 26.4 Å². The second-order valence-electron chi connectivity index (χ2n) is 8.53. The number of alkyl halides is 1. The van der Waals surface area contributed by atoms with E-state index in [0.29, 0.717) is 28.1 Å². The van der Waals surface area contributed by atoms with Crippen LogP contribution < -0.4 is 21.1 Å². The number of ether oxygens (including phenoxy) is 1. The van der Waals surface area contributed by atoms with Gasteiger partial charge in [-0.05, 0) is 35.4 Å². The van der Waals surface area contributed by atoms with Gasteiger partial charge in [-0.15, -0.1) is 0 Å². The molecule has 0 saturated heterocycles. The molecule has 0 aliphatic carbocycles. The van der Waals surface area contributed by atoms with Gasteiger partial charge in [0.15, 0.2) is 11.2 Å². The summed E-state index contributed by atoms with van der Waals surface area (Å²) in [4.78, 5) is 42.0. The van der Waals surface area contributed by atoms with E-state index in [1.54, 1.807) is 55.6 Å². The lowest BCUT2D eigenvalue weighted by molar-refractivity contribution is 0.0857. The number of aryl methyl sites for hydroxylation is 1. The van der Waals surface area contributed by atoms with E-state index in [-0.39, 0.29) is 24.5 Å². The average Bonchev–Trinajstić information content (AvgIpc) is 3.49. The van der Waals surface area contributed by atoms with Crippen LogP contribution in [0.25, 0.3) is 16.7 Å². The monoisotopic (exact) mass is 518 g/mol. The molecular weight excluding hydrogens is 495 g/mol. The van der Waals surface area contributed by atoms with E-state index >= 15 is 0 Å². The maximum atomic E-state index is 13.1. The molecule has 0 bridgehead atoms. The predicted octanol–water partition coefficient (Wildman–Crippen LogP) is 2.73. The fourth-order valence-electron chi connectivity index (χ4n) is 3.94. The molecule has 3 heterocycles. The van der Waals surface area contributed by atoms with Crippen molar-refractivity contribution in [1.82, 2.24) is 29.8 Å². The summed E-state index contributed by atoms with van der Waals surface area (Å²) < 4.78 is 26.0. The minimum absolute atomic E-state index is 0.0345. The number of amides is 2. The maximum Gasteiger partial charge on any atom is 0.419 e. The summed E-state index contributed by atoms with van der Waals surface area (Å²) in [6.07, 6.45) is 0.0148. The Labute approximate surface area is 214 Å². The van der Waals surface area contributed by atoms with Crippen LogP contribution in [0.3, 0.4) is 0 Å². The van der Waals surface area contributed by atoms with Crippen LogP contribution in [0.1, 0.15) is 39.0 Å². The molecule has 0 aliphatic rings. The zero-order chi connectivity index (χ0) is 26.8. The van der Waals surface area contributed by atoms with E-state index in [1.807, 2.05) is 0 Å². The molecule has 2 amide bonds. The van der Waals surface area contributed by atoms with Gasteiger partial charge in [-0.3, -0.25) is 14.2 Å². The molecule has 0 spiro atoms. The van der Waals surface area contributed by atoms with E-state index in [1.165, 1.54) is 28.3 Å². The molecule has 1 atom stereocenters. The van der Waals surface area contributed by atoms with Crippen LogP contribution in [0.5, 0.6) is 5.75 Å². The van der Waals surface area contributed by atoms with Crippen LogP contribution in [0, 0.1) is 0 Å². The Kier molecular flexibility index (Phi) is 6.60. The number of hydrogen-bond donors (Lipinski definition) is 2. The first-order valence-electron chi connectivity index (χ1n) is 11.7. The van der Waals surface area contributed by atoms with Crippen molar-refractivity contribution in [1.29, 1.82) is 0 Å². The number of rotatable bonds is 8. The number of oxazole rings is 1. The molecule has 194 valence electrons. The second-order valence-corrected chi connectivity index (χ2v) is 8.53. The lowest BCUT2D eigenvalue weighted by Crippen LogP contribution is -2.28. The number of hydrogen-bond acceptors (Lipinski definition) is 7. The zero-order valence-corrected chi connectivity index (χ0v) is 20.5. The number of carbonyl (C=O) groups excluding carboxylic acids is 2. The molecule has 0 saturated carbocycles. The Morgan fingerprint density at radius 2 is 1.82 bits per heavy atom. The summed E-state index contributed by atoms with van der Waals surface area (Å²) in [5.41, 5.74) is 2.98. The highest BCUT2D eigenvalue weighted by atomic mass is 19.1. The summed E-state index contributed by atoms with van der Waals surface area (Å²) >= 11 is 0. The largest absolute Gasteiger partial charge is 0.461 e. The van der Waals surface area contributed by atoms with Crippen molar-refractivity contribution < 1.29 is 23.1 Å². The summed E-state index contributed by atoms with van der Waals surface area (Å²) in [5, 5.41) is 9.70. The van der Waals surface area contributed by atoms with Gasteiger partial charge in [0, 0.05) is 39.2 Å². The zero-order valence-electron chi connectivity index (χ0n) is 20.5.